The van der Waals surface area contributed by atoms with Crippen molar-refractivity contribution in [3.8, 4) is 17.2 Å². The Hall–Kier alpha value is -1.46. The Morgan fingerprint density at radius 2 is 1.90 bits per heavy atom. The lowest BCUT2D eigenvalue weighted by molar-refractivity contribution is 0.248. The Morgan fingerprint density at radius 1 is 1.19 bits per heavy atom. The molecule has 1 aromatic rings. The monoisotopic (exact) mass is 293 g/mol. The van der Waals surface area contributed by atoms with Gasteiger partial charge in [-0.05, 0) is 20.4 Å². The molecule has 1 aromatic carbocycles. The average molecular weight is 293 g/mol. The van der Waals surface area contributed by atoms with Gasteiger partial charge in [0.05, 0.1) is 26.9 Å². The minimum Gasteiger partial charge on any atom is -0.496 e. The van der Waals surface area contributed by atoms with Crippen LogP contribution < -0.4 is 14.2 Å². The molecule has 0 aliphatic carbocycles. The summed E-state index contributed by atoms with van der Waals surface area (Å²) < 4.78 is 22.8. The first-order chi connectivity index (χ1) is 10.1. The number of nitrogens with zero attached hydrogens (tertiary/aromatic N) is 1. The van der Waals surface area contributed by atoms with Crippen molar-refractivity contribution in [3.63, 3.8) is 0 Å². The number of epoxide rings is 1. The summed E-state index contributed by atoms with van der Waals surface area (Å²) >= 11 is 0. The molecule has 0 amide bonds. The highest BCUT2D eigenvalue weighted by Gasteiger charge is 2.62. The van der Waals surface area contributed by atoms with Gasteiger partial charge in [0.2, 0.25) is 0 Å². The van der Waals surface area contributed by atoms with Crippen LogP contribution in [0.5, 0.6) is 17.2 Å². The highest BCUT2D eigenvalue weighted by molar-refractivity contribution is 5.61. The number of benzene rings is 1. The van der Waals surface area contributed by atoms with E-state index in [-0.39, 0.29) is 11.7 Å². The number of likely N-dealkylation sites (N-methyl/N-ethyl adjacent to an activating group) is 1. The number of hydrogen-bond donors (Lipinski definition) is 0. The Balaban J connectivity index is 2.12. The largest absolute Gasteiger partial charge is 0.496 e. The third kappa shape index (κ3) is 2.07. The van der Waals surface area contributed by atoms with Crippen molar-refractivity contribution < 1.29 is 18.9 Å². The molecule has 5 heteroatoms. The van der Waals surface area contributed by atoms with Crippen LogP contribution in [0.1, 0.15) is 17.5 Å². The van der Waals surface area contributed by atoms with Gasteiger partial charge in [0.15, 0.2) is 0 Å². The number of hydrogen-bond acceptors (Lipinski definition) is 5. The SMILES string of the molecule is COc1cc(OC)c(C23CCN(C)CC2O3)c(OC)c1C. The fraction of sp³-hybridized carbons (Fsp3) is 0.625. The molecule has 2 aliphatic heterocycles. The Morgan fingerprint density at radius 3 is 2.48 bits per heavy atom. The van der Waals surface area contributed by atoms with E-state index >= 15 is 0 Å². The predicted octanol–water partition coefficient (Wildman–Crippen LogP) is 1.95. The fourth-order valence-electron chi connectivity index (χ4n) is 3.44. The summed E-state index contributed by atoms with van der Waals surface area (Å²) in [4.78, 5) is 2.30. The van der Waals surface area contributed by atoms with Crippen molar-refractivity contribution in [2.75, 3.05) is 41.5 Å². The lowest BCUT2D eigenvalue weighted by atomic mass is 9.86. The molecule has 0 radical (unpaired) electrons. The van der Waals surface area contributed by atoms with Crippen molar-refractivity contribution in [1.29, 1.82) is 0 Å². The molecular weight excluding hydrogens is 270 g/mol. The Labute approximate surface area is 125 Å². The Kier molecular flexibility index (Phi) is 3.50. The van der Waals surface area contributed by atoms with E-state index in [1.165, 1.54) is 0 Å². The maximum atomic E-state index is 6.09. The number of likely N-dealkylation sites (tertiary alicyclic amines) is 1. The smallest absolute Gasteiger partial charge is 0.135 e. The highest BCUT2D eigenvalue weighted by atomic mass is 16.6. The summed E-state index contributed by atoms with van der Waals surface area (Å²) in [5.41, 5.74) is 1.75. The minimum absolute atomic E-state index is 0.215. The van der Waals surface area contributed by atoms with Gasteiger partial charge in [0.25, 0.3) is 0 Å². The molecule has 116 valence electrons. The summed E-state index contributed by atoms with van der Waals surface area (Å²) in [6.07, 6.45) is 1.17. The maximum absolute atomic E-state index is 6.09. The van der Waals surface area contributed by atoms with Crippen LogP contribution in [-0.4, -0.2) is 52.5 Å². The van der Waals surface area contributed by atoms with E-state index < -0.39 is 0 Å². The summed E-state index contributed by atoms with van der Waals surface area (Å²) in [5.74, 6) is 2.37. The van der Waals surface area contributed by atoms with Crippen LogP contribution in [0.4, 0.5) is 0 Å². The van der Waals surface area contributed by atoms with E-state index in [2.05, 4.69) is 11.9 Å². The quantitative estimate of drug-likeness (QED) is 0.794. The van der Waals surface area contributed by atoms with Crippen LogP contribution in [0.2, 0.25) is 0 Å². The number of methoxy groups -OCH3 is 3. The van der Waals surface area contributed by atoms with E-state index in [0.29, 0.717) is 0 Å². The molecule has 3 rings (SSSR count). The van der Waals surface area contributed by atoms with Crippen LogP contribution in [-0.2, 0) is 10.3 Å². The van der Waals surface area contributed by atoms with E-state index in [0.717, 1.165) is 47.9 Å². The Bertz CT molecular complexity index is 560. The molecule has 21 heavy (non-hydrogen) atoms. The summed E-state index contributed by atoms with van der Waals surface area (Å²) in [7, 11) is 7.15. The zero-order valence-electron chi connectivity index (χ0n) is 13.4. The molecule has 0 spiro atoms. The molecule has 2 fully saturated rings. The number of fused-ring (bicyclic) bond motifs is 1. The van der Waals surface area contributed by atoms with Crippen LogP contribution >= 0.6 is 0 Å². The molecule has 2 atom stereocenters. The number of rotatable bonds is 4. The van der Waals surface area contributed by atoms with Crippen molar-refractivity contribution in [1.82, 2.24) is 4.90 Å². The second-order valence-corrected chi connectivity index (χ2v) is 5.82. The molecule has 2 unspecified atom stereocenters. The van der Waals surface area contributed by atoms with Gasteiger partial charge in [-0.25, -0.2) is 0 Å². The van der Waals surface area contributed by atoms with E-state index in [4.69, 9.17) is 18.9 Å². The molecule has 5 nitrogen and oxygen atoms in total. The second-order valence-electron chi connectivity index (χ2n) is 5.82. The molecule has 2 heterocycles. The van der Waals surface area contributed by atoms with Crippen LogP contribution in [0.15, 0.2) is 6.07 Å². The second kappa shape index (κ2) is 5.07. The van der Waals surface area contributed by atoms with Gasteiger partial charge in [-0.1, -0.05) is 0 Å². The lowest BCUT2D eigenvalue weighted by Gasteiger charge is -2.28. The van der Waals surface area contributed by atoms with Crippen molar-refractivity contribution in [3.05, 3.63) is 17.2 Å². The normalized spacial score (nSPS) is 28.0. The highest BCUT2D eigenvalue weighted by Crippen LogP contribution is 2.58. The molecule has 2 aliphatic rings. The number of ether oxygens (including phenoxy) is 4. The zero-order chi connectivity index (χ0) is 15.2. The lowest BCUT2D eigenvalue weighted by Crippen LogP contribution is -2.36. The van der Waals surface area contributed by atoms with Gasteiger partial charge < -0.3 is 23.8 Å². The van der Waals surface area contributed by atoms with Crippen molar-refractivity contribution in [2.45, 2.75) is 25.0 Å². The van der Waals surface area contributed by atoms with Crippen molar-refractivity contribution in [2.24, 2.45) is 0 Å². The van der Waals surface area contributed by atoms with Crippen LogP contribution in [0.25, 0.3) is 0 Å². The topological polar surface area (TPSA) is 43.5 Å². The molecule has 0 aromatic heterocycles. The van der Waals surface area contributed by atoms with Gasteiger partial charge in [0, 0.05) is 24.7 Å². The minimum atomic E-state index is -0.264. The third-order valence-electron chi connectivity index (χ3n) is 4.67. The van der Waals surface area contributed by atoms with Gasteiger partial charge in [-0.2, -0.15) is 0 Å². The van der Waals surface area contributed by atoms with E-state index in [1.54, 1.807) is 21.3 Å². The average Bonchev–Trinajstić information content (AvgIpc) is 3.20. The van der Waals surface area contributed by atoms with Gasteiger partial charge in [0.1, 0.15) is 29.0 Å². The summed E-state index contributed by atoms with van der Waals surface area (Å²) in [5, 5.41) is 0. The van der Waals surface area contributed by atoms with E-state index in [1.807, 2.05) is 13.0 Å². The van der Waals surface area contributed by atoms with Gasteiger partial charge in [-0.3, -0.25) is 0 Å². The maximum Gasteiger partial charge on any atom is 0.135 e. The standard InChI is InChI=1S/C16H23NO4/c1-10-11(18-3)8-12(19-4)14(15(10)20-5)16-6-7-17(2)9-13(16)21-16/h8,13H,6-7,9H2,1-5H3. The summed E-state index contributed by atoms with van der Waals surface area (Å²) in [6, 6.07) is 1.93. The van der Waals surface area contributed by atoms with Crippen LogP contribution in [0.3, 0.4) is 0 Å². The van der Waals surface area contributed by atoms with Gasteiger partial charge >= 0.3 is 0 Å². The summed E-state index contributed by atoms with van der Waals surface area (Å²) in [6.45, 7) is 3.95. The van der Waals surface area contributed by atoms with Gasteiger partial charge in [-0.15, -0.1) is 0 Å². The molecule has 0 bridgehead atoms. The first kappa shape index (κ1) is 14.5. The molecule has 0 N–H and O–H groups in total. The first-order valence-corrected chi connectivity index (χ1v) is 7.23. The zero-order valence-corrected chi connectivity index (χ0v) is 13.4. The number of piperidine rings is 1. The van der Waals surface area contributed by atoms with Crippen LogP contribution in [0, 0.1) is 6.92 Å². The van der Waals surface area contributed by atoms with E-state index in [9.17, 15) is 0 Å². The van der Waals surface area contributed by atoms with Crippen molar-refractivity contribution >= 4 is 0 Å². The molecule has 2 saturated heterocycles. The third-order valence-corrected chi connectivity index (χ3v) is 4.67. The molecular formula is C16H23NO4. The fourth-order valence-corrected chi connectivity index (χ4v) is 3.44. The first-order valence-electron chi connectivity index (χ1n) is 7.23. The predicted molar refractivity (Wildman–Crippen MR) is 79.5 cm³/mol. The molecule has 0 saturated carbocycles.